The molecule has 3 aromatic rings. The fourth-order valence-corrected chi connectivity index (χ4v) is 4.84. The van der Waals surface area contributed by atoms with E-state index in [1.165, 1.54) is 11.6 Å². The second kappa shape index (κ2) is 10.5. The zero-order valence-corrected chi connectivity index (χ0v) is 20.3. The number of aryl methyl sites for hydroxylation is 4. The maximum Gasteiger partial charge on any atom is 0.262 e. The highest BCUT2D eigenvalue weighted by Gasteiger charge is 2.19. The second-order valence-corrected chi connectivity index (χ2v) is 9.71. The number of hydrogen-bond donors (Lipinski definition) is 2. The lowest BCUT2D eigenvalue weighted by Gasteiger charge is -2.13. The minimum absolute atomic E-state index is 0.0709. The molecule has 0 aromatic heterocycles. The lowest BCUT2D eigenvalue weighted by Crippen LogP contribution is -2.28. The van der Waals surface area contributed by atoms with Crippen molar-refractivity contribution in [2.45, 2.75) is 39.0 Å². The maximum atomic E-state index is 13.0. The van der Waals surface area contributed by atoms with Gasteiger partial charge in [-0.1, -0.05) is 31.2 Å². The highest BCUT2D eigenvalue weighted by molar-refractivity contribution is 7.92. The summed E-state index contributed by atoms with van der Waals surface area (Å²) in [4.78, 5) is 12.7. The summed E-state index contributed by atoms with van der Waals surface area (Å²) in [5.41, 5.74) is 4.47. The van der Waals surface area contributed by atoms with E-state index in [-0.39, 0.29) is 16.4 Å². The number of ether oxygens (including phenoxy) is 1. The molecular formula is C26H30N2O4S. The summed E-state index contributed by atoms with van der Waals surface area (Å²) in [5, 5.41) is 2.78. The van der Waals surface area contributed by atoms with Gasteiger partial charge in [0.1, 0.15) is 12.4 Å². The van der Waals surface area contributed by atoms with E-state index in [1.807, 2.05) is 44.2 Å². The van der Waals surface area contributed by atoms with Gasteiger partial charge in [0.15, 0.2) is 0 Å². The summed E-state index contributed by atoms with van der Waals surface area (Å²) >= 11 is 0. The molecule has 3 rings (SSSR count). The van der Waals surface area contributed by atoms with Crippen LogP contribution in [0.15, 0.2) is 65.6 Å². The first-order valence-corrected chi connectivity index (χ1v) is 12.4. The predicted molar refractivity (Wildman–Crippen MR) is 132 cm³/mol. The monoisotopic (exact) mass is 466 g/mol. The van der Waals surface area contributed by atoms with Crippen LogP contribution >= 0.6 is 0 Å². The Hall–Kier alpha value is -3.32. The van der Waals surface area contributed by atoms with Gasteiger partial charge in [0, 0.05) is 11.3 Å². The molecule has 0 unspecified atom stereocenters. The third-order valence-corrected chi connectivity index (χ3v) is 6.72. The van der Waals surface area contributed by atoms with Gasteiger partial charge in [0.05, 0.1) is 11.4 Å². The molecule has 0 atom stereocenters. The zero-order chi connectivity index (χ0) is 24.0. The first-order valence-electron chi connectivity index (χ1n) is 10.9. The average Bonchev–Trinajstić information content (AvgIpc) is 2.76. The van der Waals surface area contributed by atoms with Crippen LogP contribution in [0.5, 0.6) is 5.75 Å². The summed E-state index contributed by atoms with van der Waals surface area (Å²) in [7, 11) is -3.86. The van der Waals surface area contributed by atoms with Gasteiger partial charge >= 0.3 is 0 Å². The Bertz CT molecular complexity index is 1220. The van der Waals surface area contributed by atoms with Gasteiger partial charge in [-0.05, 0) is 85.8 Å². The molecule has 0 aliphatic carbocycles. The van der Waals surface area contributed by atoms with Gasteiger partial charge in [-0.3, -0.25) is 9.52 Å². The molecule has 0 heterocycles. The number of carbonyl (C=O) groups excluding carboxylic acids is 1. The molecule has 0 aliphatic heterocycles. The van der Waals surface area contributed by atoms with Crippen LogP contribution in [0, 0.1) is 20.8 Å². The second-order valence-electron chi connectivity index (χ2n) is 8.06. The van der Waals surface area contributed by atoms with E-state index >= 15 is 0 Å². The number of hydrogen-bond acceptors (Lipinski definition) is 4. The summed E-state index contributed by atoms with van der Waals surface area (Å²) in [5.74, 6) is 0.380. The fraction of sp³-hybridized carbons (Fsp3) is 0.269. The number of sulfonamides is 1. The van der Waals surface area contributed by atoms with E-state index in [0.717, 1.165) is 23.3 Å². The van der Waals surface area contributed by atoms with Gasteiger partial charge in [-0.2, -0.15) is 0 Å². The summed E-state index contributed by atoms with van der Waals surface area (Å²) in [6.45, 7) is 8.21. The third kappa shape index (κ3) is 6.58. The van der Waals surface area contributed by atoms with E-state index < -0.39 is 10.0 Å². The molecule has 0 saturated carbocycles. The van der Waals surface area contributed by atoms with Crippen LogP contribution in [-0.4, -0.2) is 27.5 Å². The van der Waals surface area contributed by atoms with E-state index in [4.69, 9.17) is 4.74 Å². The van der Waals surface area contributed by atoms with Gasteiger partial charge in [0.25, 0.3) is 15.9 Å². The number of nitrogens with one attached hydrogen (secondary N) is 2. The Kier molecular flexibility index (Phi) is 7.76. The van der Waals surface area contributed by atoms with Crippen LogP contribution in [-0.2, 0) is 16.4 Å². The zero-order valence-electron chi connectivity index (χ0n) is 19.4. The molecular weight excluding hydrogens is 436 g/mol. The molecule has 0 bridgehead atoms. The van der Waals surface area contributed by atoms with Crippen molar-refractivity contribution in [2.24, 2.45) is 0 Å². The quantitative estimate of drug-likeness (QED) is 0.444. The Labute approximate surface area is 196 Å². The average molecular weight is 467 g/mol. The summed E-state index contributed by atoms with van der Waals surface area (Å²) in [6, 6.07) is 18.0. The van der Waals surface area contributed by atoms with E-state index in [0.29, 0.717) is 24.4 Å². The third-order valence-electron chi connectivity index (χ3n) is 5.20. The minimum atomic E-state index is -3.86. The van der Waals surface area contributed by atoms with Crippen LogP contribution in [0.3, 0.4) is 0 Å². The van der Waals surface area contributed by atoms with Crippen LogP contribution in [0.1, 0.15) is 39.5 Å². The number of carbonyl (C=O) groups is 1. The fourth-order valence-electron chi connectivity index (χ4n) is 3.53. The Morgan fingerprint density at radius 3 is 2.21 bits per heavy atom. The lowest BCUT2D eigenvalue weighted by molar-refractivity contribution is 0.0946. The van der Waals surface area contributed by atoms with Crippen molar-refractivity contribution in [3.8, 4) is 5.75 Å². The van der Waals surface area contributed by atoms with Gasteiger partial charge in [-0.15, -0.1) is 0 Å². The van der Waals surface area contributed by atoms with Crippen molar-refractivity contribution in [1.82, 2.24) is 5.32 Å². The molecule has 0 fully saturated rings. The first kappa shape index (κ1) is 24.3. The van der Waals surface area contributed by atoms with E-state index in [9.17, 15) is 13.2 Å². The van der Waals surface area contributed by atoms with Crippen molar-refractivity contribution in [1.29, 1.82) is 0 Å². The molecule has 0 radical (unpaired) electrons. The number of benzene rings is 3. The topological polar surface area (TPSA) is 84.5 Å². The molecule has 3 aromatic carbocycles. The predicted octanol–water partition coefficient (Wildman–Crippen LogP) is 4.78. The molecule has 6 nitrogen and oxygen atoms in total. The molecule has 1 amide bonds. The summed E-state index contributed by atoms with van der Waals surface area (Å²) < 4.78 is 34.3. The van der Waals surface area contributed by atoms with Crippen LogP contribution in [0.2, 0.25) is 0 Å². The maximum absolute atomic E-state index is 13.0. The highest BCUT2D eigenvalue weighted by Crippen LogP contribution is 2.22. The van der Waals surface area contributed by atoms with E-state index in [1.54, 1.807) is 31.2 Å². The number of rotatable bonds is 9. The molecule has 2 N–H and O–H groups in total. The lowest BCUT2D eigenvalue weighted by atomic mass is 10.1. The number of amides is 1. The standard InChI is InChI=1S/C26H30N2O4S/c1-5-21-7-10-24(11-8-21)32-13-12-27-26(29)22-9-6-20(4)25(17-22)33(30,31)28-23-15-18(2)14-19(3)16-23/h6-11,14-17,28H,5,12-13H2,1-4H3,(H,27,29). The molecule has 0 saturated heterocycles. The van der Waals surface area contributed by atoms with Crippen molar-refractivity contribution < 1.29 is 17.9 Å². The Balaban J connectivity index is 1.64. The summed E-state index contributed by atoms with van der Waals surface area (Å²) in [6.07, 6.45) is 0.963. The van der Waals surface area contributed by atoms with Crippen LogP contribution < -0.4 is 14.8 Å². The Morgan fingerprint density at radius 2 is 1.58 bits per heavy atom. The highest BCUT2D eigenvalue weighted by atomic mass is 32.2. The molecule has 174 valence electrons. The van der Waals surface area contributed by atoms with Crippen LogP contribution in [0.25, 0.3) is 0 Å². The molecule has 33 heavy (non-hydrogen) atoms. The van der Waals surface area contributed by atoms with Gasteiger partial charge in [-0.25, -0.2) is 8.42 Å². The van der Waals surface area contributed by atoms with Crippen molar-refractivity contribution in [3.63, 3.8) is 0 Å². The normalized spacial score (nSPS) is 11.2. The molecule has 0 spiro atoms. The minimum Gasteiger partial charge on any atom is -0.492 e. The van der Waals surface area contributed by atoms with Gasteiger partial charge in [0.2, 0.25) is 0 Å². The SMILES string of the molecule is CCc1ccc(OCCNC(=O)c2ccc(C)c(S(=O)(=O)Nc3cc(C)cc(C)c3)c2)cc1. The van der Waals surface area contributed by atoms with Crippen molar-refractivity contribution in [3.05, 3.63) is 88.5 Å². The van der Waals surface area contributed by atoms with Gasteiger partial charge < -0.3 is 10.1 Å². The smallest absolute Gasteiger partial charge is 0.262 e. The Morgan fingerprint density at radius 1 is 0.909 bits per heavy atom. The van der Waals surface area contributed by atoms with Crippen LogP contribution in [0.4, 0.5) is 5.69 Å². The van der Waals surface area contributed by atoms with Crippen molar-refractivity contribution >= 4 is 21.6 Å². The number of anilines is 1. The van der Waals surface area contributed by atoms with E-state index in [2.05, 4.69) is 17.0 Å². The molecule has 7 heteroatoms. The van der Waals surface area contributed by atoms with Crippen molar-refractivity contribution in [2.75, 3.05) is 17.9 Å². The molecule has 0 aliphatic rings. The largest absolute Gasteiger partial charge is 0.492 e. The first-order chi connectivity index (χ1) is 15.7.